The standard InChI is InChI=1S/C11H18OS/c1-3-5-6-10-7-9-13-11(10)12-8-4-2/h7,9H,3-6,8H2,1-2H3. The Morgan fingerprint density at radius 3 is 2.85 bits per heavy atom. The molecule has 13 heavy (non-hydrogen) atoms. The van der Waals surface area contributed by atoms with Crippen LogP contribution >= 0.6 is 11.3 Å². The first-order chi connectivity index (χ1) is 6.38. The first-order valence-corrected chi connectivity index (χ1v) is 5.95. The Kier molecular flexibility index (Phi) is 4.91. The number of hydrogen-bond donors (Lipinski definition) is 0. The summed E-state index contributed by atoms with van der Waals surface area (Å²) in [5.41, 5.74) is 1.39. The smallest absolute Gasteiger partial charge is 0.176 e. The fraction of sp³-hybridized carbons (Fsp3) is 0.636. The molecule has 0 aliphatic heterocycles. The quantitative estimate of drug-likeness (QED) is 0.674. The molecule has 1 aromatic heterocycles. The molecular weight excluding hydrogens is 180 g/mol. The van der Waals surface area contributed by atoms with E-state index in [-0.39, 0.29) is 0 Å². The van der Waals surface area contributed by atoms with Gasteiger partial charge < -0.3 is 4.74 Å². The van der Waals surface area contributed by atoms with E-state index < -0.39 is 0 Å². The van der Waals surface area contributed by atoms with E-state index in [1.807, 2.05) is 0 Å². The summed E-state index contributed by atoms with van der Waals surface area (Å²) < 4.78 is 5.64. The van der Waals surface area contributed by atoms with Crippen LogP contribution < -0.4 is 4.74 Å². The zero-order valence-corrected chi connectivity index (χ0v) is 9.32. The van der Waals surface area contributed by atoms with E-state index in [2.05, 4.69) is 25.3 Å². The maximum atomic E-state index is 5.64. The van der Waals surface area contributed by atoms with Gasteiger partial charge in [-0.05, 0) is 30.7 Å². The number of rotatable bonds is 6. The van der Waals surface area contributed by atoms with Gasteiger partial charge in [0.2, 0.25) is 0 Å². The van der Waals surface area contributed by atoms with Crippen molar-refractivity contribution < 1.29 is 4.74 Å². The van der Waals surface area contributed by atoms with E-state index in [1.165, 1.54) is 24.8 Å². The van der Waals surface area contributed by atoms with Crippen molar-refractivity contribution in [2.24, 2.45) is 0 Å². The molecule has 0 N–H and O–H groups in total. The number of hydrogen-bond acceptors (Lipinski definition) is 2. The molecule has 2 heteroatoms. The zero-order chi connectivity index (χ0) is 9.52. The lowest BCUT2D eigenvalue weighted by molar-refractivity contribution is 0.323. The molecule has 0 spiro atoms. The molecule has 0 aliphatic rings. The highest BCUT2D eigenvalue weighted by Gasteiger charge is 2.03. The van der Waals surface area contributed by atoms with Gasteiger partial charge >= 0.3 is 0 Å². The van der Waals surface area contributed by atoms with Crippen LogP contribution in [0.1, 0.15) is 38.7 Å². The topological polar surface area (TPSA) is 9.23 Å². The van der Waals surface area contributed by atoms with E-state index in [0.717, 1.165) is 18.1 Å². The molecule has 1 rings (SSSR count). The summed E-state index contributed by atoms with van der Waals surface area (Å²) >= 11 is 1.72. The SMILES string of the molecule is CCCCc1ccsc1OCCC. The van der Waals surface area contributed by atoms with Crippen LogP contribution in [0.2, 0.25) is 0 Å². The molecule has 0 radical (unpaired) electrons. The van der Waals surface area contributed by atoms with Crippen molar-refractivity contribution in [1.82, 2.24) is 0 Å². The Hall–Kier alpha value is -0.500. The first kappa shape index (κ1) is 10.6. The Balaban J connectivity index is 2.45. The number of aryl methyl sites for hydroxylation is 1. The molecule has 1 nitrogen and oxygen atoms in total. The third kappa shape index (κ3) is 3.39. The first-order valence-electron chi connectivity index (χ1n) is 5.07. The molecule has 0 fully saturated rings. The Labute approximate surface area is 84.7 Å². The van der Waals surface area contributed by atoms with Crippen molar-refractivity contribution in [1.29, 1.82) is 0 Å². The number of unbranched alkanes of at least 4 members (excludes halogenated alkanes) is 1. The summed E-state index contributed by atoms with van der Waals surface area (Å²) in [7, 11) is 0. The fourth-order valence-electron chi connectivity index (χ4n) is 1.20. The van der Waals surface area contributed by atoms with Gasteiger partial charge in [-0.25, -0.2) is 0 Å². The van der Waals surface area contributed by atoms with E-state index in [0.29, 0.717) is 0 Å². The van der Waals surface area contributed by atoms with Crippen LogP contribution in [-0.4, -0.2) is 6.61 Å². The Morgan fingerprint density at radius 2 is 2.15 bits per heavy atom. The van der Waals surface area contributed by atoms with Crippen LogP contribution in [0.5, 0.6) is 5.06 Å². The van der Waals surface area contributed by atoms with Gasteiger partial charge in [-0.2, -0.15) is 0 Å². The highest BCUT2D eigenvalue weighted by molar-refractivity contribution is 7.12. The molecule has 0 bridgehead atoms. The van der Waals surface area contributed by atoms with Crippen LogP contribution in [0.15, 0.2) is 11.4 Å². The summed E-state index contributed by atoms with van der Waals surface area (Å²) in [6, 6.07) is 2.19. The second kappa shape index (κ2) is 6.03. The third-order valence-corrected chi connectivity index (χ3v) is 2.81. The molecule has 0 aromatic carbocycles. The highest BCUT2D eigenvalue weighted by Crippen LogP contribution is 2.27. The van der Waals surface area contributed by atoms with Crippen LogP contribution in [0.25, 0.3) is 0 Å². The van der Waals surface area contributed by atoms with Gasteiger partial charge in [0.1, 0.15) is 0 Å². The van der Waals surface area contributed by atoms with Gasteiger partial charge in [-0.3, -0.25) is 0 Å². The van der Waals surface area contributed by atoms with E-state index in [1.54, 1.807) is 11.3 Å². The highest BCUT2D eigenvalue weighted by atomic mass is 32.1. The van der Waals surface area contributed by atoms with Crippen molar-refractivity contribution >= 4 is 11.3 Å². The van der Waals surface area contributed by atoms with Gasteiger partial charge in [-0.15, -0.1) is 11.3 Å². The fourth-order valence-corrected chi connectivity index (χ4v) is 2.02. The van der Waals surface area contributed by atoms with Gasteiger partial charge in [0, 0.05) is 5.56 Å². The number of thiophene rings is 1. The molecule has 0 unspecified atom stereocenters. The normalized spacial score (nSPS) is 10.3. The molecule has 1 aromatic rings. The van der Waals surface area contributed by atoms with E-state index >= 15 is 0 Å². The third-order valence-electron chi connectivity index (χ3n) is 1.94. The molecule has 0 amide bonds. The summed E-state index contributed by atoms with van der Waals surface area (Å²) in [5.74, 6) is 0. The molecule has 0 aliphatic carbocycles. The minimum Gasteiger partial charge on any atom is -0.484 e. The maximum absolute atomic E-state index is 5.64. The van der Waals surface area contributed by atoms with Crippen LogP contribution in [0.4, 0.5) is 0 Å². The molecule has 0 saturated heterocycles. The van der Waals surface area contributed by atoms with Crippen molar-refractivity contribution in [3.63, 3.8) is 0 Å². The molecule has 0 atom stereocenters. The van der Waals surface area contributed by atoms with E-state index in [4.69, 9.17) is 4.74 Å². The van der Waals surface area contributed by atoms with Crippen LogP contribution in [0.3, 0.4) is 0 Å². The van der Waals surface area contributed by atoms with Gasteiger partial charge in [0.25, 0.3) is 0 Å². The maximum Gasteiger partial charge on any atom is 0.176 e. The lowest BCUT2D eigenvalue weighted by Crippen LogP contribution is -1.95. The van der Waals surface area contributed by atoms with Crippen molar-refractivity contribution in [2.75, 3.05) is 6.61 Å². The molecule has 1 heterocycles. The predicted octanol–water partition coefficient (Wildman–Crippen LogP) is 3.88. The van der Waals surface area contributed by atoms with Gasteiger partial charge in [0.05, 0.1) is 6.61 Å². The zero-order valence-electron chi connectivity index (χ0n) is 8.51. The summed E-state index contributed by atoms with van der Waals surface area (Å²) in [6.07, 6.45) is 4.77. The minimum absolute atomic E-state index is 0.847. The molecule has 0 saturated carbocycles. The second-order valence-electron chi connectivity index (χ2n) is 3.19. The average molecular weight is 198 g/mol. The second-order valence-corrected chi connectivity index (χ2v) is 4.06. The van der Waals surface area contributed by atoms with Gasteiger partial charge in [0.15, 0.2) is 5.06 Å². The lowest BCUT2D eigenvalue weighted by atomic mass is 10.1. The van der Waals surface area contributed by atoms with Crippen LogP contribution in [-0.2, 0) is 6.42 Å². The molecule has 74 valence electrons. The van der Waals surface area contributed by atoms with Crippen molar-refractivity contribution in [3.05, 3.63) is 17.0 Å². The van der Waals surface area contributed by atoms with E-state index in [9.17, 15) is 0 Å². The van der Waals surface area contributed by atoms with Gasteiger partial charge in [-0.1, -0.05) is 20.3 Å². The monoisotopic (exact) mass is 198 g/mol. The largest absolute Gasteiger partial charge is 0.484 e. The molecular formula is C11H18OS. The van der Waals surface area contributed by atoms with Crippen LogP contribution in [0, 0.1) is 0 Å². The Bertz CT molecular complexity index is 207. The summed E-state index contributed by atoms with van der Waals surface area (Å²) in [4.78, 5) is 0. The summed E-state index contributed by atoms with van der Waals surface area (Å²) in [5, 5.41) is 3.26. The minimum atomic E-state index is 0.847. The summed E-state index contributed by atoms with van der Waals surface area (Å²) in [6.45, 7) is 5.21. The lowest BCUT2D eigenvalue weighted by Gasteiger charge is -2.04. The number of ether oxygens (including phenoxy) is 1. The van der Waals surface area contributed by atoms with Crippen molar-refractivity contribution in [3.8, 4) is 5.06 Å². The Morgan fingerprint density at radius 1 is 1.31 bits per heavy atom. The average Bonchev–Trinajstić information content (AvgIpc) is 2.59. The predicted molar refractivity (Wildman–Crippen MR) is 58.7 cm³/mol. The van der Waals surface area contributed by atoms with Crippen molar-refractivity contribution in [2.45, 2.75) is 39.5 Å².